The third-order valence-electron chi connectivity index (χ3n) is 6.45. The van der Waals surface area contributed by atoms with Crippen LogP contribution in [0.15, 0.2) is 97.6 Å². The molecule has 210 valence electrons. The molecule has 3 aromatic heterocycles. The second kappa shape index (κ2) is 14.5. The van der Waals surface area contributed by atoms with Crippen molar-refractivity contribution in [3.8, 4) is 54.6 Å². The summed E-state index contributed by atoms with van der Waals surface area (Å²) in [6, 6.07) is 24.8. The lowest BCUT2D eigenvalue weighted by Gasteiger charge is -2.09. The van der Waals surface area contributed by atoms with E-state index in [1.54, 1.807) is 11.3 Å². The van der Waals surface area contributed by atoms with Gasteiger partial charge in [0.15, 0.2) is 0 Å². The molecule has 0 aliphatic rings. The summed E-state index contributed by atoms with van der Waals surface area (Å²) in [4.78, 5) is 11.4. The Bertz CT molecular complexity index is 1440. The van der Waals surface area contributed by atoms with E-state index < -0.39 is 0 Å². The number of hydrazine groups is 2. The Hall–Kier alpha value is -4.12. The number of ether oxygens (including phenoxy) is 2. The summed E-state index contributed by atoms with van der Waals surface area (Å²) in [6.45, 7) is 2.63. The summed E-state index contributed by atoms with van der Waals surface area (Å²) in [5.74, 6) is 12.3. The van der Waals surface area contributed by atoms with Crippen LogP contribution < -0.4 is 32.0 Å². The van der Waals surface area contributed by atoms with Crippen LogP contribution >= 0.6 is 11.3 Å². The molecule has 5 rings (SSSR count). The van der Waals surface area contributed by atoms with E-state index in [4.69, 9.17) is 21.2 Å². The number of pyridine rings is 2. The highest BCUT2D eigenvalue weighted by Gasteiger charge is 2.10. The largest absolute Gasteiger partial charge is 0.494 e. The van der Waals surface area contributed by atoms with Crippen molar-refractivity contribution in [2.24, 2.45) is 11.7 Å². The summed E-state index contributed by atoms with van der Waals surface area (Å²) >= 11 is 1.72. The zero-order valence-electron chi connectivity index (χ0n) is 22.8. The Morgan fingerprint density at radius 1 is 0.561 bits per heavy atom. The third kappa shape index (κ3) is 7.75. The lowest BCUT2D eigenvalue weighted by Crippen LogP contribution is -2.24. The monoisotopic (exact) mass is 566 g/mol. The maximum absolute atomic E-state index is 5.88. The Labute approximate surface area is 244 Å². The Kier molecular flexibility index (Phi) is 10.0. The van der Waals surface area contributed by atoms with E-state index >= 15 is 0 Å². The smallest absolute Gasteiger partial charge is 0.119 e. The summed E-state index contributed by atoms with van der Waals surface area (Å²) in [6.07, 6.45) is 9.26. The van der Waals surface area contributed by atoms with E-state index in [1.165, 1.54) is 0 Å². The normalized spacial score (nSPS) is 11.0. The summed E-state index contributed by atoms with van der Waals surface area (Å²) in [7, 11) is 0. The molecule has 0 atom stereocenters. The van der Waals surface area contributed by atoms with Gasteiger partial charge in [-0.3, -0.25) is 32.5 Å². The summed E-state index contributed by atoms with van der Waals surface area (Å²) in [5, 5.41) is 0. The summed E-state index contributed by atoms with van der Waals surface area (Å²) < 4.78 is 11.8. The fourth-order valence-electron chi connectivity index (χ4n) is 4.37. The van der Waals surface area contributed by atoms with Crippen LogP contribution in [-0.2, 0) is 0 Å². The van der Waals surface area contributed by atoms with Crippen molar-refractivity contribution in [1.29, 1.82) is 0 Å². The van der Waals surface area contributed by atoms with Crippen molar-refractivity contribution in [3.63, 3.8) is 0 Å². The van der Waals surface area contributed by atoms with Gasteiger partial charge in [0.2, 0.25) is 0 Å². The zero-order valence-corrected chi connectivity index (χ0v) is 23.6. The number of thiophene rings is 1. The van der Waals surface area contributed by atoms with E-state index in [1.807, 2.05) is 61.2 Å². The first-order valence-electron chi connectivity index (χ1n) is 13.6. The molecule has 0 aliphatic heterocycles. The quantitative estimate of drug-likeness (QED) is 0.0771. The highest BCUT2D eigenvalue weighted by atomic mass is 32.1. The number of nitrogens with two attached hydrogens (primary N) is 2. The maximum atomic E-state index is 5.88. The number of hydrogen-bond donors (Lipinski definition) is 4. The predicted octanol–water partition coefficient (Wildman–Crippen LogP) is 5.67. The number of nitrogens with zero attached hydrogens (tertiary/aromatic N) is 2. The zero-order chi connectivity index (χ0) is 28.3. The van der Waals surface area contributed by atoms with Gasteiger partial charge in [0.1, 0.15) is 11.5 Å². The summed E-state index contributed by atoms with van der Waals surface area (Å²) in [5.41, 5.74) is 11.6. The molecule has 0 amide bonds. The van der Waals surface area contributed by atoms with Crippen molar-refractivity contribution < 1.29 is 9.47 Å². The molecule has 0 saturated carbocycles. The Morgan fingerprint density at radius 2 is 1.02 bits per heavy atom. The first-order chi connectivity index (χ1) is 20.2. The van der Waals surface area contributed by atoms with Crippen LogP contribution in [0.5, 0.6) is 11.5 Å². The fraction of sp³-hybridized carbons (Fsp3) is 0.188. The van der Waals surface area contributed by atoms with Gasteiger partial charge in [-0.2, -0.15) is 0 Å². The molecule has 0 spiro atoms. The van der Waals surface area contributed by atoms with Crippen LogP contribution in [-0.4, -0.2) is 36.3 Å². The number of benzene rings is 2. The molecule has 9 heteroatoms. The number of rotatable bonds is 14. The second-order valence-corrected chi connectivity index (χ2v) is 10.5. The number of nitrogens with one attached hydrogen (secondary N) is 2. The first-order valence-corrected chi connectivity index (χ1v) is 14.4. The Morgan fingerprint density at radius 3 is 1.49 bits per heavy atom. The van der Waals surface area contributed by atoms with Gasteiger partial charge in [0.05, 0.1) is 13.2 Å². The molecule has 8 nitrogen and oxygen atoms in total. The van der Waals surface area contributed by atoms with Gasteiger partial charge in [-0.15, -0.1) is 11.3 Å². The van der Waals surface area contributed by atoms with Crippen molar-refractivity contribution in [3.05, 3.63) is 97.6 Å². The fourth-order valence-corrected chi connectivity index (χ4v) is 5.34. The van der Waals surface area contributed by atoms with Crippen LogP contribution in [0.3, 0.4) is 0 Å². The van der Waals surface area contributed by atoms with Crippen LogP contribution in [0.1, 0.15) is 12.8 Å². The van der Waals surface area contributed by atoms with Gasteiger partial charge >= 0.3 is 0 Å². The second-order valence-electron chi connectivity index (χ2n) is 9.46. The van der Waals surface area contributed by atoms with Crippen LogP contribution in [0.2, 0.25) is 0 Å². The van der Waals surface area contributed by atoms with Gasteiger partial charge < -0.3 is 9.47 Å². The SMILES string of the molecule is NNCCCOc1cccc(-c2cncc(-c3ccc(-c4cncc(-c5cccc(OCCCNN)c5)c4)s3)c2)c1. The lowest BCUT2D eigenvalue weighted by atomic mass is 10.0. The minimum atomic E-state index is 0.604. The van der Waals surface area contributed by atoms with Crippen LogP contribution in [0, 0.1) is 0 Å². The molecular formula is C32H34N6O2S. The van der Waals surface area contributed by atoms with E-state index in [-0.39, 0.29) is 0 Å². The molecule has 5 aromatic rings. The van der Waals surface area contributed by atoms with Crippen LogP contribution in [0.4, 0.5) is 0 Å². The van der Waals surface area contributed by atoms with E-state index in [0.717, 1.165) is 67.5 Å². The van der Waals surface area contributed by atoms with Crippen molar-refractivity contribution >= 4 is 11.3 Å². The molecule has 3 heterocycles. The van der Waals surface area contributed by atoms with E-state index in [0.29, 0.717) is 26.3 Å². The van der Waals surface area contributed by atoms with E-state index in [2.05, 4.69) is 57.2 Å². The molecular weight excluding hydrogens is 532 g/mol. The van der Waals surface area contributed by atoms with Gasteiger partial charge in [-0.1, -0.05) is 24.3 Å². The average molecular weight is 567 g/mol. The third-order valence-corrected chi connectivity index (χ3v) is 7.64. The average Bonchev–Trinajstić information content (AvgIpc) is 3.53. The molecule has 41 heavy (non-hydrogen) atoms. The minimum absolute atomic E-state index is 0.604. The number of aromatic nitrogens is 2. The van der Waals surface area contributed by atoms with Crippen molar-refractivity contribution in [2.75, 3.05) is 26.3 Å². The molecule has 0 bridgehead atoms. The maximum Gasteiger partial charge on any atom is 0.119 e. The molecule has 0 saturated heterocycles. The Balaban J connectivity index is 1.31. The molecule has 0 radical (unpaired) electrons. The molecule has 0 fully saturated rings. The molecule has 0 unspecified atom stereocenters. The standard InChI is InChI=1S/C32H34N6O2S/c33-37-11-3-13-39-29-7-1-5-23(17-29)25-15-27(21-35-19-25)31-9-10-32(41-31)28-16-26(20-36-22-28)24-6-2-8-30(18-24)40-14-4-12-38-34/h1-2,5-10,15-22,37-38H,3-4,11-14,33-34H2. The number of hydrogen-bond acceptors (Lipinski definition) is 9. The highest BCUT2D eigenvalue weighted by Crippen LogP contribution is 2.37. The van der Waals surface area contributed by atoms with Gasteiger partial charge in [-0.25, -0.2) is 0 Å². The first kappa shape index (κ1) is 28.4. The van der Waals surface area contributed by atoms with Crippen LogP contribution in [0.25, 0.3) is 43.1 Å². The van der Waals surface area contributed by atoms with E-state index in [9.17, 15) is 0 Å². The topological polar surface area (TPSA) is 120 Å². The molecule has 2 aromatic carbocycles. The minimum Gasteiger partial charge on any atom is -0.494 e. The molecule has 0 aliphatic carbocycles. The lowest BCUT2D eigenvalue weighted by molar-refractivity contribution is 0.308. The van der Waals surface area contributed by atoms with Gasteiger partial charge in [0, 0.05) is 69.9 Å². The van der Waals surface area contributed by atoms with Gasteiger partial charge in [0.25, 0.3) is 0 Å². The van der Waals surface area contributed by atoms with Crippen molar-refractivity contribution in [1.82, 2.24) is 20.8 Å². The van der Waals surface area contributed by atoms with Gasteiger partial charge in [-0.05, 0) is 72.5 Å². The predicted molar refractivity (Wildman–Crippen MR) is 166 cm³/mol. The molecule has 6 N–H and O–H groups in total. The van der Waals surface area contributed by atoms with Crippen molar-refractivity contribution in [2.45, 2.75) is 12.8 Å². The highest BCUT2D eigenvalue weighted by molar-refractivity contribution is 7.18.